The number of nitrogens with zero attached hydrogens (tertiary/aromatic N) is 2. The topological polar surface area (TPSA) is 79.2 Å². The van der Waals surface area contributed by atoms with Gasteiger partial charge in [-0.3, -0.25) is 4.79 Å². The van der Waals surface area contributed by atoms with Gasteiger partial charge in [-0.15, -0.1) is 11.3 Å². The molecule has 11 heteroatoms. The first-order valence-electron chi connectivity index (χ1n) is 8.49. The maximum absolute atomic E-state index is 13.7. The van der Waals surface area contributed by atoms with Gasteiger partial charge in [0.15, 0.2) is 11.7 Å². The van der Waals surface area contributed by atoms with Gasteiger partial charge in [0.1, 0.15) is 16.6 Å². The molecule has 1 aliphatic heterocycles. The predicted octanol–water partition coefficient (Wildman–Crippen LogP) is 5.22. The molecule has 2 aromatic heterocycles. The third kappa shape index (κ3) is 3.77. The van der Waals surface area contributed by atoms with Crippen LogP contribution in [0.25, 0.3) is 0 Å². The van der Waals surface area contributed by atoms with Crippen molar-refractivity contribution >= 4 is 40.4 Å². The Morgan fingerprint density at radius 1 is 1.31 bits per heavy atom. The molecule has 2 unspecified atom stereocenters. The Labute approximate surface area is 171 Å². The van der Waals surface area contributed by atoms with Crippen LogP contribution in [0.2, 0.25) is 5.02 Å². The fourth-order valence-electron chi connectivity index (χ4n) is 3.15. The molecule has 0 saturated heterocycles. The molecule has 0 bridgehead atoms. The highest BCUT2D eigenvalue weighted by Gasteiger charge is 2.48. The number of fused-ring (bicyclic) bond motifs is 1. The van der Waals surface area contributed by atoms with Crippen LogP contribution in [0.4, 0.5) is 24.7 Å². The molecule has 6 nitrogen and oxygen atoms in total. The number of carbonyl (C=O) groups is 1. The summed E-state index contributed by atoms with van der Waals surface area (Å²) in [5, 5.41) is 20.3. The van der Waals surface area contributed by atoms with Crippen molar-refractivity contribution in [3.05, 3.63) is 57.4 Å². The van der Waals surface area contributed by atoms with E-state index in [9.17, 15) is 23.1 Å². The molecule has 1 aliphatic rings. The lowest BCUT2D eigenvalue weighted by atomic mass is 10.0. The van der Waals surface area contributed by atoms with E-state index in [-0.39, 0.29) is 28.7 Å². The lowest BCUT2D eigenvalue weighted by molar-refractivity contribution is -0.173. The number of carbonyl (C=O) groups excluding carboxylic acids is 1. The van der Waals surface area contributed by atoms with Crippen LogP contribution in [0.1, 0.15) is 33.9 Å². The first-order chi connectivity index (χ1) is 13.7. The minimum absolute atomic E-state index is 0.00956. The molecule has 0 radical (unpaired) electrons. The Hall–Kier alpha value is -2.72. The summed E-state index contributed by atoms with van der Waals surface area (Å²) in [5.41, 5.74) is 0.0231. The van der Waals surface area contributed by atoms with Gasteiger partial charge in [-0.05, 0) is 35.7 Å². The number of nitrogens with one attached hydrogen (secondary N) is 2. The molecule has 152 valence electrons. The van der Waals surface area contributed by atoms with Crippen LogP contribution in [0.3, 0.4) is 0 Å². The summed E-state index contributed by atoms with van der Waals surface area (Å²) in [6.45, 7) is 0. The minimum Gasteiger partial charge on any atom is -0.508 e. The number of benzene rings is 1. The number of hydrogen-bond acceptors (Lipinski definition) is 5. The third-order valence-electron chi connectivity index (χ3n) is 4.52. The normalized spacial score (nSPS) is 18.8. The van der Waals surface area contributed by atoms with Crippen molar-refractivity contribution in [2.24, 2.45) is 0 Å². The van der Waals surface area contributed by atoms with E-state index in [1.165, 1.54) is 35.6 Å². The summed E-state index contributed by atoms with van der Waals surface area (Å²) in [6, 6.07) is 6.60. The molecule has 1 aromatic carbocycles. The summed E-state index contributed by atoms with van der Waals surface area (Å²) in [5.74, 6) is -0.789. The highest BCUT2D eigenvalue weighted by molar-refractivity contribution is 7.10. The largest absolute Gasteiger partial charge is 0.508 e. The average molecular weight is 443 g/mol. The fraction of sp³-hybridized carbons (Fsp3) is 0.222. The quantitative estimate of drug-likeness (QED) is 0.486. The Bertz CT molecular complexity index is 1030. The maximum atomic E-state index is 13.7. The Balaban J connectivity index is 1.69. The molecule has 2 atom stereocenters. The van der Waals surface area contributed by atoms with Crippen molar-refractivity contribution in [3.8, 4) is 5.75 Å². The summed E-state index contributed by atoms with van der Waals surface area (Å²) in [6.07, 6.45) is -4.83. The smallest absolute Gasteiger partial charge is 0.410 e. The van der Waals surface area contributed by atoms with Gasteiger partial charge in [-0.25, -0.2) is 4.68 Å². The molecule has 3 aromatic rings. The van der Waals surface area contributed by atoms with Crippen LogP contribution in [0, 0.1) is 0 Å². The van der Waals surface area contributed by atoms with Gasteiger partial charge in [-0.2, -0.15) is 18.3 Å². The van der Waals surface area contributed by atoms with Gasteiger partial charge in [0, 0.05) is 17.0 Å². The minimum atomic E-state index is -4.56. The lowest BCUT2D eigenvalue weighted by Gasteiger charge is -2.32. The Kier molecular flexibility index (Phi) is 4.91. The van der Waals surface area contributed by atoms with Gasteiger partial charge >= 0.3 is 6.18 Å². The number of halogens is 4. The van der Waals surface area contributed by atoms with Crippen LogP contribution in [-0.4, -0.2) is 27.0 Å². The molecule has 0 spiro atoms. The third-order valence-corrected chi connectivity index (χ3v) is 5.87. The first kappa shape index (κ1) is 19.6. The Morgan fingerprint density at radius 3 is 2.66 bits per heavy atom. The van der Waals surface area contributed by atoms with Crippen molar-refractivity contribution < 1.29 is 23.1 Å². The maximum Gasteiger partial charge on any atom is 0.410 e. The fourth-order valence-corrected chi connectivity index (χ4v) is 4.20. The van der Waals surface area contributed by atoms with Crippen molar-refractivity contribution in [2.45, 2.75) is 24.7 Å². The van der Waals surface area contributed by atoms with Gasteiger partial charge in [0.25, 0.3) is 5.91 Å². The standard InChI is InChI=1S/C18H14ClF3N4O2S/c19-14-15(17(28)23-9-3-5-10(27)6-4-9)25-26-13(18(20,21)22)8-11(24-16(14)26)12-2-1-7-29-12/h1-7,11,13,24,27H,8H2,(H,23,28). The molecule has 1 amide bonds. The van der Waals surface area contributed by atoms with E-state index in [0.717, 1.165) is 9.56 Å². The number of alkyl halides is 3. The number of anilines is 2. The van der Waals surface area contributed by atoms with Crippen LogP contribution < -0.4 is 10.6 Å². The van der Waals surface area contributed by atoms with E-state index in [1.54, 1.807) is 17.5 Å². The predicted molar refractivity (Wildman–Crippen MR) is 104 cm³/mol. The zero-order valence-electron chi connectivity index (χ0n) is 14.6. The summed E-state index contributed by atoms with van der Waals surface area (Å²) in [7, 11) is 0. The van der Waals surface area contributed by atoms with Crippen LogP contribution in [0.5, 0.6) is 5.75 Å². The second kappa shape index (κ2) is 7.27. The SMILES string of the molecule is O=C(Nc1ccc(O)cc1)c1nn2c(c1Cl)NC(c1cccs1)CC2C(F)(F)F. The number of rotatable bonds is 3. The number of aromatic nitrogens is 2. The van der Waals surface area contributed by atoms with E-state index < -0.39 is 24.2 Å². The van der Waals surface area contributed by atoms with E-state index >= 15 is 0 Å². The second-order valence-corrected chi connectivity index (χ2v) is 7.82. The number of phenols is 1. The zero-order valence-corrected chi connectivity index (χ0v) is 16.1. The van der Waals surface area contributed by atoms with Crippen LogP contribution in [-0.2, 0) is 0 Å². The van der Waals surface area contributed by atoms with E-state index in [4.69, 9.17) is 11.6 Å². The van der Waals surface area contributed by atoms with Gasteiger partial charge in [0.2, 0.25) is 0 Å². The number of amides is 1. The number of hydrogen-bond donors (Lipinski definition) is 3. The second-order valence-electron chi connectivity index (χ2n) is 6.46. The van der Waals surface area contributed by atoms with Crippen LogP contribution >= 0.6 is 22.9 Å². The van der Waals surface area contributed by atoms with Gasteiger partial charge in [0.05, 0.1) is 6.04 Å². The highest BCUT2D eigenvalue weighted by atomic mass is 35.5. The molecule has 29 heavy (non-hydrogen) atoms. The van der Waals surface area contributed by atoms with E-state index in [2.05, 4.69) is 15.7 Å². The molecule has 4 rings (SSSR count). The molecule has 0 fully saturated rings. The van der Waals surface area contributed by atoms with E-state index in [0.29, 0.717) is 5.69 Å². The number of phenolic OH excluding ortho intramolecular Hbond substituents is 1. The monoisotopic (exact) mass is 442 g/mol. The zero-order chi connectivity index (χ0) is 20.8. The van der Waals surface area contributed by atoms with Crippen molar-refractivity contribution in [1.82, 2.24) is 9.78 Å². The lowest BCUT2D eigenvalue weighted by Crippen LogP contribution is -2.35. The first-order valence-corrected chi connectivity index (χ1v) is 9.75. The highest BCUT2D eigenvalue weighted by Crippen LogP contribution is 2.46. The van der Waals surface area contributed by atoms with E-state index in [1.807, 2.05) is 0 Å². The summed E-state index contributed by atoms with van der Waals surface area (Å²) in [4.78, 5) is 13.3. The molecular weight excluding hydrogens is 429 g/mol. The number of aromatic hydroxyl groups is 1. The van der Waals surface area contributed by atoms with Crippen molar-refractivity contribution in [2.75, 3.05) is 10.6 Å². The molecule has 0 saturated carbocycles. The number of thiophene rings is 1. The summed E-state index contributed by atoms with van der Waals surface area (Å²) >= 11 is 7.60. The average Bonchev–Trinajstić information content (AvgIpc) is 3.31. The van der Waals surface area contributed by atoms with Crippen molar-refractivity contribution in [3.63, 3.8) is 0 Å². The molecule has 0 aliphatic carbocycles. The van der Waals surface area contributed by atoms with Crippen LogP contribution in [0.15, 0.2) is 41.8 Å². The van der Waals surface area contributed by atoms with Gasteiger partial charge in [-0.1, -0.05) is 17.7 Å². The Morgan fingerprint density at radius 2 is 2.03 bits per heavy atom. The molecule has 3 heterocycles. The van der Waals surface area contributed by atoms with Gasteiger partial charge < -0.3 is 15.7 Å². The summed E-state index contributed by atoms with van der Waals surface area (Å²) < 4.78 is 41.9. The molecule has 3 N–H and O–H groups in total. The van der Waals surface area contributed by atoms with Crippen molar-refractivity contribution in [1.29, 1.82) is 0 Å². The molecular formula is C18H14ClF3N4O2S.